The van der Waals surface area contributed by atoms with Crippen LogP contribution in [0.2, 0.25) is 0 Å². The first-order chi connectivity index (χ1) is 9.58. The molecule has 0 aromatic heterocycles. The van der Waals surface area contributed by atoms with E-state index in [1.165, 1.54) is 5.56 Å². The lowest BCUT2D eigenvalue weighted by Gasteiger charge is -2.12. The van der Waals surface area contributed by atoms with Crippen molar-refractivity contribution in [3.63, 3.8) is 0 Å². The van der Waals surface area contributed by atoms with Crippen LogP contribution in [0.5, 0.6) is 5.75 Å². The molecule has 0 saturated heterocycles. The zero-order valence-corrected chi connectivity index (χ0v) is 13.3. The van der Waals surface area contributed by atoms with Gasteiger partial charge in [-0.05, 0) is 37.1 Å². The fourth-order valence-corrected chi connectivity index (χ4v) is 2.21. The number of nitrogens with one attached hydrogen (secondary N) is 1. The Hall–Kier alpha value is -1.68. The normalized spacial score (nSPS) is 10.3. The van der Waals surface area contributed by atoms with Gasteiger partial charge in [0.05, 0.1) is 6.61 Å². The molecule has 0 bridgehead atoms. The van der Waals surface area contributed by atoms with Gasteiger partial charge in [0.2, 0.25) is 0 Å². The number of rotatable bonds is 5. The van der Waals surface area contributed by atoms with Gasteiger partial charge < -0.3 is 15.8 Å². The first-order valence-corrected chi connectivity index (χ1v) is 7.44. The predicted octanol–water partition coefficient (Wildman–Crippen LogP) is 4.87. The Morgan fingerprint density at radius 1 is 1.15 bits per heavy atom. The number of nitrogens with two attached hydrogens (primary N) is 1. The molecule has 2 aromatic rings. The quantitative estimate of drug-likeness (QED) is 0.766. The molecule has 0 heterocycles. The maximum Gasteiger partial charge on any atom is 0.123 e. The van der Waals surface area contributed by atoms with E-state index in [4.69, 9.17) is 10.5 Å². The largest absolute Gasteiger partial charge is 0.493 e. The first kappa shape index (κ1) is 14.7. The number of anilines is 3. The Bertz CT molecular complexity index is 599. The van der Waals surface area contributed by atoms with Crippen LogP contribution < -0.4 is 15.8 Å². The smallest absolute Gasteiger partial charge is 0.123 e. The predicted molar refractivity (Wildman–Crippen MR) is 88.8 cm³/mol. The molecule has 20 heavy (non-hydrogen) atoms. The third kappa shape index (κ3) is 3.90. The molecule has 0 fully saturated rings. The number of hydrogen-bond acceptors (Lipinski definition) is 3. The summed E-state index contributed by atoms with van der Waals surface area (Å²) in [5.41, 5.74) is 9.73. The van der Waals surface area contributed by atoms with E-state index >= 15 is 0 Å². The minimum atomic E-state index is 0.687. The summed E-state index contributed by atoms with van der Waals surface area (Å²) in [7, 11) is 0. The molecule has 2 aromatic carbocycles. The van der Waals surface area contributed by atoms with Crippen molar-refractivity contribution in [2.45, 2.75) is 20.3 Å². The van der Waals surface area contributed by atoms with Crippen molar-refractivity contribution < 1.29 is 4.74 Å². The SMILES string of the molecule is CCCOc1cc(N)cc(Nc2ccc(C)c(Br)c2)c1. The molecule has 0 atom stereocenters. The van der Waals surface area contributed by atoms with Crippen LogP contribution in [-0.2, 0) is 0 Å². The Labute approximate surface area is 128 Å². The van der Waals surface area contributed by atoms with Gasteiger partial charge in [-0.15, -0.1) is 0 Å². The third-order valence-corrected chi connectivity index (χ3v) is 3.72. The number of nitrogen functional groups attached to an aromatic ring is 1. The van der Waals surface area contributed by atoms with Crippen LogP contribution in [0, 0.1) is 6.92 Å². The molecule has 0 radical (unpaired) electrons. The standard InChI is InChI=1S/C16H19BrN2O/c1-3-6-20-15-8-12(18)7-14(9-15)19-13-5-4-11(2)16(17)10-13/h4-5,7-10,19H,3,6,18H2,1-2H3. The molecule has 2 rings (SSSR count). The van der Waals surface area contributed by atoms with E-state index in [0.29, 0.717) is 12.3 Å². The van der Waals surface area contributed by atoms with Gasteiger partial charge in [0.1, 0.15) is 5.75 Å². The lowest BCUT2D eigenvalue weighted by Crippen LogP contribution is -1.98. The lowest BCUT2D eigenvalue weighted by molar-refractivity contribution is 0.318. The molecule has 0 aliphatic carbocycles. The van der Waals surface area contributed by atoms with Gasteiger partial charge in [-0.2, -0.15) is 0 Å². The monoisotopic (exact) mass is 334 g/mol. The van der Waals surface area contributed by atoms with Crippen molar-refractivity contribution in [1.82, 2.24) is 0 Å². The second-order valence-electron chi connectivity index (χ2n) is 4.73. The van der Waals surface area contributed by atoms with Crippen LogP contribution in [0.25, 0.3) is 0 Å². The highest BCUT2D eigenvalue weighted by molar-refractivity contribution is 9.10. The molecule has 0 spiro atoms. The van der Waals surface area contributed by atoms with Crippen LogP contribution in [0.3, 0.4) is 0 Å². The third-order valence-electron chi connectivity index (χ3n) is 2.86. The summed E-state index contributed by atoms with van der Waals surface area (Å²) >= 11 is 3.53. The maximum absolute atomic E-state index is 5.91. The molecule has 0 unspecified atom stereocenters. The van der Waals surface area contributed by atoms with Crippen molar-refractivity contribution in [3.05, 3.63) is 46.4 Å². The van der Waals surface area contributed by atoms with Gasteiger partial charge in [0.25, 0.3) is 0 Å². The lowest BCUT2D eigenvalue weighted by atomic mass is 10.2. The molecule has 4 heteroatoms. The molecule has 0 amide bonds. The Kier molecular flexibility index (Phi) is 4.90. The topological polar surface area (TPSA) is 47.3 Å². The van der Waals surface area contributed by atoms with Crippen LogP contribution in [0.4, 0.5) is 17.1 Å². The maximum atomic E-state index is 5.91. The summed E-state index contributed by atoms with van der Waals surface area (Å²) < 4.78 is 6.71. The minimum absolute atomic E-state index is 0.687. The summed E-state index contributed by atoms with van der Waals surface area (Å²) in [5, 5.41) is 3.34. The van der Waals surface area contributed by atoms with Gasteiger partial charge in [0, 0.05) is 33.7 Å². The summed E-state index contributed by atoms with van der Waals surface area (Å²) in [6.45, 7) is 4.83. The van der Waals surface area contributed by atoms with E-state index in [2.05, 4.69) is 41.2 Å². The Balaban J connectivity index is 2.19. The summed E-state index contributed by atoms with van der Waals surface area (Å²) in [6, 6.07) is 11.8. The van der Waals surface area contributed by atoms with Gasteiger partial charge in [-0.25, -0.2) is 0 Å². The van der Waals surface area contributed by atoms with Gasteiger partial charge in [-0.1, -0.05) is 28.9 Å². The van der Waals surface area contributed by atoms with E-state index in [9.17, 15) is 0 Å². The number of aryl methyl sites for hydroxylation is 1. The molecular formula is C16H19BrN2O. The Morgan fingerprint density at radius 3 is 2.65 bits per heavy atom. The van der Waals surface area contributed by atoms with Crippen LogP contribution in [0.1, 0.15) is 18.9 Å². The minimum Gasteiger partial charge on any atom is -0.493 e. The molecular weight excluding hydrogens is 316 g/mol. The zero-order chi connectivity index (χ0) is 14.5. The van der Waals surface area contributed by atoms with Crippen molar-refractivity contribution in [1.29, 1.82) is 0 Å². The number of hydrogen-bond donors (Lipinski definition) is 2. The fraction of sp³-hybridized carbons (Fsp3) is 0.250. The summed E-state index contributed by atoms with van der Waals surface area (Å²) in [6.07, 6.45) is 0.975. The summed E-state index contributed by atoms with van der Waals surface area (Å²) in [5.74, 6) is 0.792. The fourth-order valence-electron chi connectivity index (χ4n) is 1.83. The van der Waals surface area contributed by atoms with Gasteiger partial charge in [0.15, 0.2) is 0 Å². The second-order valence-corrected chi connectivity index (χ2v) is 5.58. The average Bonchev–Trinajstić information content (AvgIpc) is 2.40. The molecule has 3 N–H and O–H groups in total. The number of halogens is 1. The van der Waals surface area contributed by atoms with E-state index < -0.39 is 0 Å². The summed E-state index contributed by atoms with van der Waals surface area (Å²) in [4.78, 5) is 0. The van der Waals surface area contributed by atoms with Crippen molar-refractivity contribution in [2.75, 3.05) is 17.7 Å². The van der Waals surface area contributed by atoms with Crippen molar-refractivity contribution >= 4 is 33.0 Å². The van der Waals surface area contributed by atoms with Gasteiger partial charge >= 0.3 is 0 Å². The second kappa shape index (κ2) is 6.66. The van der Waals surface area contributed by atoms with E-state index in [-0.39, 0.29) is 0 Å². The van der Waals surface area contributed by atoms with E-state index in [1.807, 2.05) is 30.3 Å². The molecule has 0 saturated carbocycles. The number of benzene rings is 2. The van der Waals surface area contributed by atoms with Crippen LogP contribution in [-0.4, -0.2) is 6.61 Å². The zero-order valence-electron chi connectivity index (χ0n) is 11.7. The average molecular weight is 335 g/mol. The van der Waals surface area contributed by atoms with E-state index in [1.54, 1.807) is 0 Å². The van der Waals surface area contributed by atoms with Gasteiger partial charge in [-0.3, -0.25) is 0 Å². The molecule has 0 aliphatic rings. The highest BCUT2D eigenvalue weighted by Crippen LogP contribution is 2.27. The highest BCUT2D eigenvalue weighted by Gasteiger charge is 2.02. The van der Waals surface area contributed by atoms with Crippen molar-refractivity contribution in [2.24, 2.45) is 0 Å². The van der Waals surface area contributed by atoms with Crippen LogP contribution >= 0.6 is 15.9 Å². The first-order valence-electron chi connectivity index (χ1n) is 6.65. The molecule has 3 nitrogen and oxygen atoms in total. The highest BCUT2D eigenvalue weighted by atomic mass is 79.9. The molecule has 0 aliphatic heterocycles. The number of ether oxygens (including phenoxy) is 1. The molecule has 106 valence electrons. The van der Waals surface area contributed by atoms with Crippen LogP contribution in [0.15, 0.2) is 40.9 Å². The van der Waals surface area contributed by atoms with E-state index in [0.717, 1.165) is 28.0 Å². The van der Waals surface area contributed by atoms with Crippen molar-refractivity contribution in [3.8, 4) is 5.75 Å². The Morgan fingerprint density at radius 2 is 1.95 bits per heavy atom.